The number of hydrogen-bond donors (Lipinski definition) is 2. The highest BCUT2D eigenvalue weighted by molar-refractivity contribution is 9.10. The Hall–Kier alpha value is -3.59. The van der Waals surface area contributed by atoms with Gasteiger partial charge in [0.25, 0.3) is 5.91 Å². The molecule has 2 N–H and O–H groups in total. The first-order chi connectivity index (χ1) is 17.5. The number of aromatic hydroxyl groups is 1. The maximum absolute atomic E-state index is 13.1. The Labute approximate surface area is 218 Å². The van der Waals surface area contributed by atoms with E-state index < -0.39 is 6.10 Å². The maximum Gasteiger partial charge on any atom is 0.263 e. The molecule has 0 saturated carbocycles. The van der Waals surface area contributed by atoms with Crippen LogP contribution in [0.25, 0.3) is 16.9 Å². The van der Waals surface area contributed by atoms with Crippen molar-refractivity contribution in [1.82, 2.24) is 19.5 Å². The lowest BCUT2D eigenvalue weighted by atomic mass is 9.97. The van der Waals surface area contributed by atoms with E-state index in [-0.39, 0.29) is 17.6 Å². The first kappa shape index (κ1) is 24.1. The molecule has 0 spiro atoms. The standard InChI is InChI=1S/C27H28BrN5O3/c1-18(36-20-9-3-2-4-10-20)27(35)32-13-7-8-19(17-32)15-29-25-14-23(21-11-5-6-12-24(21)34)31-26-22(28)16-30-33(25)26/h2-6,9-12,14,16,18-19,29,34H,7-8,13,15,17H2,1H3. The second kappa shape index (κ2) is 10.6. The minimum absolute atomic E-state index is 0.00713. The molecule has 9 heteroatoms. The smallest absolute Gasteiger partial charge is 0.263 e. The molecule has 2 unspecified atom stereocenters. The highest BCUT2D eigenvalue weighted by atomic mass is 79.9. The molecular formula is C27H28BrN5O3. The number of carbonyl (C=O) groups is 1. The van der Waals surface area contributed by atoms with E-state index in [0.717, 1.165) is 29.7 Å². The Morgan fingerprint density at radius 3 is 2.81 bits per heavy atom. The number of hydrogen-bond acceptors (Lipinski definition) is 6. The van der Waals surface area contributed by atoms with Gasteiger partial charge in [0.15, 0.2) is 11.8 Å². The van der Waals surface area contributed by atoms with Gasteiger partial charge in [0.2, 0.25) is 0 Å². The zero-order valence-corrected chi connectivity index (χ0v) is 21.6. The number of halogens is 1. The van der Waals surface area contributed by atoms with Crippen molar-refractivity contribution in [1.29, 1.82) is 0 Å². The lowest BCUT2D eigenvalue weighted by Gasteiger charge is -2.34. The molecule has 8 nitrogen and oxygen atoms in total. The molecule has 36 heavy (non-hydrogen) atoms. The minimum atomic E-state index is -0.540. The van der Waals surface area contributed by atoms with Gasteiger partial charge < -0.3 is 20.1 Å². The van der Waals surface area contributed by atoms with E-state index in [4.69, 9.17) is 9.72 Å². The molecular weight excluding hydrogens is 522 g/mol. The third kappa shape index (κ3) is 5.16. The molecule has 1 amide bonds. The van der Waals surface area contributed by atoms with Crippen molar-refractivity contribution in [3.8, 4) is 22.8 Å². The number of piperidine rings is 1. The zero-order valence-electron chi connectivity index (χ0n) is 20.0. The van der Waals surface area contributed by atoms with Crippen LogP contribution in [0.5, 0.6) is 11.5 Å². The largest absolute Gasteiger partial charge is 0.507 e. The van der Waals surface area contributed by atoms with E-state index in [0.29, 0.717) is 35.7 Å². The van der Waals surface area contributed by atoms with Gasteiger partial charge in [0.05, 0.1) is 16.4 Å². The predicted molar refractivity (Wildman–Crippen MR) is 142 cm³/mol. The van der Waals surface area contributed by atoms with Crippen molar-refractivity contribution in [3.05, 3.63) is 71.3 Å². The Kier molecular flexibility index (Phi) is 7.09. The zero-order chi connectivity index (χ0) is 25.1. The van der Waals surface area contributed by atoms with Crippen LogP contribution in [0.15, 0.2) is 71.3 Å². The fourth-order valence-electron chi connectivity index (χ4n) is 4.58. The fourth-order valence-corrected chi connectivity index (χ4v) is 4.93. The molecule has 0 radical (unpaired) electrons. The monoisotopic (exact) mass is 549 g/mol. The number of nitrogens with one attached hydrogen (secondary N) is 1. The van der Waals surface area contributed by atoms with E-state index >= 15 is 0 Å². The third-order valence-corrected chi connectivity index (χ3v) is 6.97. The number of rotatable bonds is 7. The maximum atomic E-state index is 13.1. The number of phenols is 1. The number of likely N-dealkylation sites (tertiary alicyclic amines) is 1. The number of carbonyl (C=O) groups excluding carboxylic acids is 1. The van der Waals surface area contributed by atoms with E-state index in [2.05, 4.69) is 26.3 Å². The molecule has 5 rings (SSSR count). The number of nitrogens with zero attached hydrogens (tertiary/aromatic N) is 4. The van der Waals surface area contributed by atoms with Crippen LogP contribution >= 0.6 is 15.9 Å². The predicted octanol–water partition coefficient (Wildman–Crippen LogP) is 4.98. The van der Waals surface area contributed by atoms with Gasteiger partial charge in [-0.05, 0) is 65.9 Å². The van der Waals surface area contributed by atoms with Crippen LogP contribution in [0.4, 0.5) is 5.82 Å². The van der Waals surface area contributed by atoms with Gasteiger partial charge in [-0.3, -0.25) is 4.79 Å². The van der Waals surface area contributed by atoms with Gasteiger partial charge in [-0.25, -0.2) is 4.98 Å². The summed E-state index contributed by atoms with van der Waals surface area (Å²) in [5, 5.41) is 18.3. The molecule has 1 fully saturated rings. The van der Waals surface area contributed by atoms with E-state index in [9.17, 15) is 9.90 Å². The normalized spacial score (nSPS) is 16.6. The van der Waals surface area contributed by atoms with Crippen LogP contribution in [0, 0.1) is 5.92 Å². The average molecular weight is 550 g/mol. The van der Waals surface area contributed by atoms with E-state index in [1.165, 1.54) is 0 Å². The van der Waals surface area contributed by atoms with Gasteiger partial charge in [-0.1, -0.05) is 30.3 Å². The number of ether oxygens (including phenoxy) is 1. The van der Waals surface area contributed by atoms with Crippen LogP contribution in [-0.2, 0) is 4.79 Å². The van der Waals surface area contributed by atoms with Gasteiger partial charge in [-0.15, -0.1) is 0 Å². The number of phenolic OH excluding ortho intramolecular Hbond substituents is 1. The Morgan fingerprint density at radius 2 is 2.00 bits per heavy atom. The van der Waals surface area contributed by atoms with Gasteiger partial charge in [0.1, 0.15) is 17.3 Å². The summed E-state index contributed by atoms with van der Waals surface area (Å²) in [5.74, 6) is 1.92. The molecule has 0 aliphatic carbocycles. The van der Waals surface area contributed by atoms with Gasteiger partial charge in [0, 0.05) is 31.3 Å². The van der Waals surface area contributed by atoms with E-state index in [1.54, 1.807) is 29.8 Å². The van der Waals surface area contributed by atoms with Crippen molar-refractivity contribution in [3.63, 3.8) is 0 Å². The second-order valence-electron chi connectivity index (χ2n) is 9.02. The third-order valence-electron chi connectivity index (χ3n) is 6.42. The first-order valence-electron chi connectivity index (χ1n) is 12.1. The second-order valence-corrected chi connectivity index (χ2v) is 9.87. The molecule has 3 heterocycles. The van der Waals surface area contributed by atoms with Crippen LogP contribution in [-0.4, -0.2) is 56.2 Å². The highest BCUT2D eigenvalue weighted by Gasteiger charge is 2.28. The molecule has 2 aromatic carbocycles. The summed E-state index contributed by atoms with van der Waals surface area (Å²) in [5.41, 5.74) is 1.96. The number of para-hydroxylation sites is 2. The van der Waals surface area contributed by atoms with E-state index in [1.807, 2.05) is 53.4 Å². The topological polar surface area (TPSA) is 92.0 Å². The molecule has 186 valence electrons. The summed E-state index contributed by atoms with van der Waals surface area (Å²) >= 11 is 3.52. The summed E-state index contributed by atoms with van der Waals surface area (Å²) in [6.07, 6.45) is 3.13. The Balaban J connectivity index is 1.29. The summed E-state index contributed by atoms with van der Waals surface area (Å²) in [4.78, 5) is 19.7. The molecule has 2 atom stereocenters. The molecule has 1 saturated heterocycles. The van der Waals surface area contributed by atoms with Gasteiger partial charge >= 0.3 is 0 Å². The van der Waals surface area contributed by atoms with Crippen molar-refractivity contribution in [2.75, 3.05) is 25.0 Å². The molecule has 4 aromatic rings. The van der Waals surface area contributed by atoms with Crippen molar-refractivity contribution in [2.45, 2.75) is 25.9 Å². The molecule has 0 bridgehead atoms. The summed E-state index contributed by atoms with van der Waals surface area (Å²) in [6.45, 7) is 3.88. The highest BCUT2D eigenvalue weighted by Crippen LogP contribution is 2.31. The van der Waals surface area contributed by atoms with Gasteiger partial charge in [-0.2, -0.15) is 9.61 Å². The lowest BCUT2D eigenvalue weighted by Crippen LogP contribution is -2.47. The van der Waals surface area contributed by atoms with Crippen LogP contribution in [0.3, 0.4) is 0 Å². The fraction of sp³-hybridized carbons (Fsp3) is 0.296. The molecule has 1 aliphatic rings. The number of anilines is 1. The van der Waals surface area contributed by atoms with Crippen molar-refractivity contribution in [2.24, 2.45) is 5.92 Å². The lowest BCUT2D eigenvalue weighted by molar-refractivity contribution is -0.139. The SMILES string of the molecule is CC(Oc1ccccc1)C(=O)N1CCCC(CNc2cc(-c3ccccc3O)nc3c(Br)cnn23)C1. The Morgan fingerprint density at radius 1 is 1.22 bits per heavy atom. The summed E-state index contributed by atoms with van der Waals surface area (Å²) < 4.78 is 8.37. The average Bonchev–Trinajstić information content (AvgIpc) is 3.28. The number of fused-ring (bicyclic) bond motifs is 1. The van der Waals surface area contributed by atoms with Crippen LogP contribution in [0.1, 0.15) is 19.8 Å². The van der Waals surface area contributed by atoms with Crippen molar-refractivity contribution < 1.29 is 14.6 Å². The Bertz CT molecular complexity index is 1360. The number of amides is 1. The first-order valence-corrected chi connectivity index (χ1v) is 12.9. The van der Waals surface area contributed by atoms with Crippen LogP contribution in [0.2, 0.25) is 0 Å². The number of aromatic nitrogens is 3. The molecule has 1 aliphatic heterocycles. The minimum Gasteiger partial charge on any atom is -0.507 e. The summed E-state index contributed by atoms with van der Waals surface area (Å²) in [7, 11) is 0. The number of benzene rings is 2. The molecule has 2 aromatic heterocycles. The summed E-state index contributed by atoms with van der Waals surface area (Å²) in [6, 6.07) is 18.5. The quantitative estimate of drug-likeness (QED) is 0.337. The van der Waals surface area contributed by atoms with Crippen molar-refractivity contribution >= 4 is 33.3 Å². The van der Waals surface area contributed by atoms with Crippen LogP contribution < -0.4 is 10.1 Å².